The molecule has 0 aliphatic heterocycles. The van der Waals surface area contributed by atoms with Crippen LogP contribution in [0.2, 0.25) is 0 Å². The topological polar surface area (TPSA) is 26.3 Å². The van der Waals surface area contributed by atoms with E-state index >= 15 is 0 Å². The molecule has 0 aromatic heterocycles. The Kier molecular flexibility index (Phi) is 4.25. The number of ether oxygens (including phenoxy) is 1. The molecule has 0 radical (unpaired) electrons. The zero-order valence-corrected chi connectivity index (χ0v) is 5.31. The summed E-state index contributed by atoms with van der Waals surface area (Å²) in [7, 11) is 0. The zero-order valence-electron chi connectivity index (χ0n) is 5.31. The van der Waals surface area contributed by atoms with E-state index in [1.165, 1.54) is 0 Å². The van der Waals surface area contributed by atoms with Gasteiger partial charge in [0, 0.05) is 6.08 Å². The zero-order chi connectivity index (χ0) is 7.11. The number of carbonyl (C=O) groups excluding carboxylic acids is 1. The van der Waals surface area contributed by atoms with E-state index in [1.54, 1.807) is 6.92 Å². The molecule has 0 atom stereocenters. The van der Waals surface area contributed by atoms with Crippen molar-refractivity contribution in [3.63, 3.8) is 0 Å². The van der Waals surface area contributed by atoms with E-state index in [9.17, 15) is 4.79 Å². The Morgan fingerprint density at radius 3 is 3.00 bits per heavy atom. The van der Waals surface area contributed by atoms with Crippen LogP contribution in [0, 0.1) is 11.8 Å². The Morgan fingerprint density at radius 2 is 2.56 bits per heavy atom. The number of hydrogen-bond donors (Lipinski definition) is 0. The van der Waals surface area contributed by atoms with Crippen molar-refractivity contribution in [2.75, 3.05) is 6.61 Å². The number of esters is 1. The molecule has 0 amide bonds. The summed E-state index contributed by atoms with van der Waals surface area (Å²) >= 11 is 0. The summed E-state index contributed by atoms with van der Waals surface area (Å²) in [6.45, 7) is 5.05. The molecule has 48 valence electrons. The van der Waals surface area contributed by atoms with Gasteiger partial charge in [0.15, 0.2) is 6.61 Å². The Morgan fingerprint density at radius 1 is 1.89 bits per heavy atom. The molecule has 2 nitrogen and oxygen atoms in total. The van der Waals surface area contributed by atoms with Gasteiger partial charge >= 0.3 is 5.97 Å². The number of carbonyl (C=O) groups is 1. The van der Waals surface area contributed by atoms with Crippen molar-refractivity contribution >= 4 is 5.97 Å². The van der Waals surface area contributed by atoms with Gasteiger partial charge in [-0.25, -0.2) is 4.79 Å². The van der Waals surface area contributed by atoms with Crippen LogP contribution in [0.15, 0.2) is 12.7 Å². The van der Waals surface area contributed by atoms with Gasteiger partial charge in [-0.15, -0.1) is 5.92 Å². The first kappa shape index (κ1) is 7.77. The maximum Gasteiger partial charge on any atom is 0.331 e. The van der Waals surface area contributed by atoms with Crippen LogP contribution < -0.4 is 0 Å². The first-order valence-corrected chi connectivity index (χ1v) is 2.50. The molecular formula is C7H8O2. The van der Waals surface area contributed by atoms with Crippen LogP contribution in [0.5, 0.6) is 0 Å². The van der Waals surface area contributed by atoms with Crippen molar-refractivity contribution in [3.05, 3.63) is 12.7 Å². The third-order valence-corrected chi connectivity index (χ3v) is 0.630. The van der Waals surface area contributed by atoms with Gasteiger partial charge in [-0.2, -0.15) is 0 Å². The lowest BCUT2D eigenvalue weighted by Crippen LogP contribution is -1.99. The molecule has 0 spiro atoms. The molecule has 0 saturated heterocycles. The highest BCUT2D eigenvalue weighted by Gasteiger charge is 1.88. The van der Waals surface area contributed by atoms with Crippen LogP contribution in [0.25, 0.3) is 0 Å². The third-order valence-electron chi connectivity index (χ3n) is 0.630. The highest BCUT2D eigenvalue weighted by atomic mass is 16.5. The molecule has 0 bridgehead atoms. The third kappa shape index (κ3) is 4.63. The highest BCUT2D eigenvalue weighted by Crippen LogP contribution is 1.75. The van der Waals surface area contributed by atoms with E-state index in [4.69, 9.17) is 0 Å². The average Bonchev–Trinajstić information content (AvgIpc) is 1.89. The number of rotatable bonds is 2. The Hall–Kier alpha value is -1.23. The molecule has 0 heterocycles. The van der Waals surface area contributed by atoms with Gasteiger partial charge in [0.05, 0.1) is 0 Å². The van der Waals surface area contributed by atoms with E-state index < -0.39 is 5.97 Å². The summed E-state index contributed by atoms with van der Waals surface area (Å²) in [5, 5.41) is 0. The van der Waals surface area contributed by atoms with E-state index in [2.05, 4.69) is 23.2 Å². The van der Waals surface area contributed by atoms with Crippen LogP contribution in [0.1, 0.15) is 6.92 Å². The van der Waals surface area contributed by atoms with Gasteiger partial charge in [0.2, 0.25) is 0 Å². The van der Waals surface area contributed by atoms with Crippen molar-refractivity contribution in [1.82, 2.24) is 0 Å². The molecule has 0 aromatic carbocycles. The second-order valence-corrected chi connectivity index (χ2v) is 1.24. The van der Waals surface area contributed by atoms with Gasteiger partial charge < -0.3 is 4.74 Å². The summed E-state index contributed by atoms with van der Waals surface area (Å²) in [4.78, 5) is 10.3. The predicted octanol–water partition coefficient (Wildman–Crippen LogP) is 0.739. The molecule has 0 rings (SSSR count). The quantitative estimate of drug-likeness (QED) is 0.308. The highest BCUT2D eigenvalue weighted by molar-refractivity contribution is 5.81. The maximum atomic E-state index is 10.3. The van der Waals surface area contributed by atoms with Gasteiger partial charge in [-0.3, -0.25) is 0 Å². The lowest BCUT2D eigenvalue weighted by Gasteiger charge is -1.90. The molecular weight excluding hydrogens is 116 g/mol. The molecule has 0 unspecified atom stereocenters. The largest absolute Gasteiger partial charge is 0.449 e. The van der Waals surface area contributed by atoms with Crippen molar-refractivity contribution in [1.29, 1.82) is 0 Å². The summed E-state index contributed by atoms with van der Waals surface area (Å²) in [5.41, 5.74) is 0. The minimum absolute atomic E-state index is 0.154. The standard InChI is InChI=1S/C7H8O2/c1-3-5-6-9-7(8)4-2/h4H,2,6H2,1H3. The summed E-state index contributed by atoms with van der Waals surface area (Å²) in [6.07, 6.45) is 1.11. The van der Waals surface area contributed by atoms with E-state index in [0.29, 0.717) is 0 Å². The molecule has 0 aliphatic rings. The van der Waals surface area contributed by atoms with E-state index in [1.807, 2.05) is 0 Å². The van der Waals surface area contributed by atoms with Gasteiger partial charge in [0.25, 0.3) is 0 Å². The van der Waals surface area contributed by atoms with Crippen molar-refractivity contribution in [2.45, 2.75) is 6.92 Å². The van der Waals surface area contributed by atoms with Gasteiger partial charge in [-0.1, -0.05) is 12.5 Å². The minimum atomic E-state index is -0.433. The fraction of sp³-hybridized carbons (Fsp3) is 0.286. The summed E-state index contributed by atoms with van der Waals surface area (Å²) < 4.78 is 4.50. The Balaban J connectivity index is 3.35. The van der Waals surface area contributed by atoms with Crippen LogP contribution in [-0.2, 0) is 9.53 Å². The molecule has 0 aromatic rings. The van der Waals surface area contributed by atoms with Crippen LogP contribution in [-0.4, -0.2) is 12.6 Å². The van der Waals surface area contributed by atoms with Crippen molar-refractivity contribution in [3.8, 4) is 11.8 Å². The van der Waals surface area contributed by atoms with Crippen LogP contribution in [0.3, 0.4) is 0 Å². The average molecular weight is 124 g/mol. The monoisotopic (exact) mass is 124 g/mol. The van der Waals surface area contributed by atoms with Crippen LogP contribution in [0.4, 0.5) is 0 Å². The van der Waals surface area contributed by atoms with Gasteiger partial charge in [0.1, 0.15) is 0 Å². The Labute approximate surface area is 54.5 Å². The van der Waals surface area contributed by atoms with Crippen LogP contribution >= 0.6 is 0 Å². The second kappa shape index (κ2) is 4.92. The van der Waals surface area contributed by atoms with E-state index in [0.717, 1.165) is 6.08 Å². The lowest BCUT2D eigenvalue weighted by atomic mass is 10.6. The fourth-order valence-corrected chi connectivity index (χ4v) is 0.238. The molecule has 0 aliphatic carbocycles. The normalized spacial score (nSPS) is 6.78. The van der Waals surface area contributed by atoms with Crippen molar-refractivity contribution < 1.29 is 9.53 Å². The van der Waals surface area contributed by atoms with Gasteiger partial charge in [-0.05, 0) is 6.92 Å². The smallest absolute Gasteiger partial charge is 0.331 e. The number of hydrogen-bond acceptors (Lipinski definition) is 2. The SMILES string of the molecule is C=CC(=O)OCC#CC. The summed E-state index contributed by atoms with van der Waals surface area (Å²) in [6, 6.07) is 0. The molecule has 2 heteroatoms. The minimum Gasteiger partial charge on any atom is -0.449 e. The molecule has 9 heavy (non-hydrogen) atoms. The van der Waals surface area contributed by atoms with E-state index in [-0.39, 0.29) is 6.61 Å². The first-order valence-electron chi connectivity index (χ1n) is 2.50. The summed E-state index contributed by atoms with van der Waals surface area (Å²) in [5.74, 6) is 4.73. The second-order valence-electron chi connectivity index (χ2n) is 1.24. The Bertz CT molecular complexity index is 159. The molecule has 0 fully saturated rings. The molecule has 0 N–H and O–H groups in total. The van der Waals surface area contributed by atoms with Crippen molar-refractivity contribution in [2.24, 2.45) is 0 Å². The maximum absolute atomic E-state index is 10.3. The molecule has 0 saturated carbocycles. The first-order chi connectivity index (χ1) is 4.31. The lowest BCUT2D eigenvalue weighted by molar-refractivity contribution is -0.136. The predicted molar refractivity (Wildman–Crippen MR) is 34.6 cm³/mol. The fourth-order valence-electron chi connectivity index (χ4n) is 0.238.